The summed E-state index contributed by atoms with van der Waals surface area (Å²) in [6, 6.07) is 0.165. The van der Waals surface area contributed by atoms with E-state index in [0.29, 0.717) is 19.6 Å². The van der Waals surface area contributed by atoms with Crippen LogP contribution in [-0.2, 0) is 14.3 Å². The van der Waals surface area contributed by atoms with Gasteiger partial charge in [-0.15, -0.1) is 0 Å². The predicted octanol–water partition coefficient (Wildman–Crippen LogP) is 1.30. The van der Waals surface area contributed by atoms with Gasteiger partial charge in [0.15, 0.2) is 0 Å². The lowest BCUT2D eigenvalue weighted by atomic mass is 9.68. The summed E-state index contributed by atoms with van der Waals surface area (Å²) in [6.45, 7) is 3.72. The second-order valence-corrected chi connectivity index (χ2v) is 8.20. The number of hydrogen-bond acceptors (Lipinski definition) is 5. The summed E-state index contributed by atoms with van der Waals surface area (Å²) in [5, 5.41) is 12.0. The fourth-order valence-corrected chi connectivity index (χ4v) is 5.09. The highest BCUT2D eigenvalue weighted by molar-refractivity contribution is 5.81. The largest absolute Gasteiger partial charge is 0.480 e. The standard InChI is InChI=1S/C19H31N3O5/c1-3-21(11-16(23)24)15-8-14(9-15)20-18(26)22-10-13-6-4-5-7-19(13,12-22)17(25)27-2/h13-15H,3-12H2,1-2H3,(H,20,26)(H,23,24)/t13-,14?,15?,19-/m1/s1. The van der Waals surface area contributed by atoms with Crippen LogP contribution in [0.3, 0.4) is 0 Å². The minimum absolute atomic E-state index is 0.0390. The van der Waals surface area contributed by atoms with E-state index in [1.807, 2.05) is 11.8 Å². The first-order valence-corrected chi connectivity index (χ1v) is 9.99. The number of rotatable bonds is 6. The van der Waals surface area contributed by atoms with Gasteiger partial charge >= 0.3 is 18.0 Å². The first kappa shape index (κ1) is 19.9. The van der Waals surface area contributed by atoms with Gasteiger partial charge in [0.2, 0.25) is 0 Å². The average Bonchev–Trinajstić information content (AvgIpc) is 3.02. The Labute approximate surface area is 160 Å². The van der Waals surface area contributed by atoms with E-state index in [2.05, 4.69) is 5.32 Å². The van der Waals surface area contributed by atoms with E-state index in [1.54, 1.807) is 4.90 Å². The summed E-state index contributed by atoms with van der Waals surface area (Å²) in [5.74, 6) is -0.819. The molecular formula is C19H31N3O5. The van der Waals surface area contributed by atoms with E-state index in [0.717, 1.165) is 38.5 Å². The lowest BCUT2D eigenvalue weighted by molar-refractivity contribution is -0.156. The van der Waals surface area contributed by atoms with Crippen LogP contribution in [0, 0.1) is 11.3 Å². The first-order valence-electron chi connectivity index (χ1n) is 9.99. The number of nitrogens with one attached hydrogen (secondary N) is 1. The molecule has 0 aromatic carbocycles. The molecule has 152 valence electrons. The van der Waals surface area contributed by atoms with Crippen molar-refractivity contribution in [1.29, 1.82) is 0 Å². The van der Waals surface area contributed by atoms with Gasteiger partial charge in [-0.3, -0.25) is 14.5 Å². The summed E-state index contributed by atoms with van der Waals surface area (Å²) in [6.07, 6.45) is 5.39. The zero-order valence-electron chi connectivity index (χ0n) is 16.3. The summed E-state index contributed by atoms with van der Waals surface area (Å²) in [5.41, 5.74) is -0.535. The minimum Gasteiger partial charge on any atom is -0.480 e. The van der Waals surface area contributed by atoms with Crippen LogP contribution in [0.5, 0.6) is 0 Å². The highest BCUT2D eigenvalue weighted by Gasteiger charge is 2.55. The van der Waals surface area contributed by atoms with E-state index in [9.17, 15) is 14.4 Å². The van der Waals surface area contributed by atoms with E-state index in [-0.39, 0.29) is 36.5 Å². The van der Waals surface area contributed by atoms with Crippen molar-refractivity contribution in [2.75, 3.05) is 33.3 Å². The third-order valence-electron chi connectivity index (χ3n) is 6.70. The number of likely N-dealkylation sites (tertiary alicyclic amines) is 1. The number of ether oxygens (including phenoxy) is 1. The number of esters is 1. The highest BCUT2D eigenvalue weighted by Crippen LogP contribution is 2.47. The lowest BCUT2D eigenvalue weighted by Gasteiger charge is -2.42. The number of hydrogen-bond donors (Lipinski definition) is 2. The first-order chi connectivity index (χ1) is 12.9. The second-order valence-electron chi connectivity index (χ2n) is 8.20. The smallest absolute Gasteiger partial charge is 0.317 e. The Morgan fingerprint density at radius 1 is 1.30 bits per heavy atom. The number of carbonyl (C=O) groups excluding carboxylic acids is 2. The molecule has 8 nitrogen and oxygen atoms in total. The lowest BCUT2D eigenvalue weighted by Crippen LogP contribution is -2.56. The van der Waals surface area contributed by atoms with Crippen LogP contribution < -0.4 is 5.32 Å². The molecule has 0 spiro atoms. The number of nitrogens with zero attached hydrogens (tertiary/aromatic N) is 2. The summed E-state index contributed by atoms with van der Waals surface area (Å²) in [4.78, 5) is 39.8. The normalized spacial score (nSPS) is 32.6. The molecule has 0 bridgehead atoms. The molecule has 3 rings (SSSR count). The van der Waals surface area contributed by atoms with Crippen molar-refractivity contribution in [1.82, 2.24) is 15.1 Å². The molecule has 3 fully saturated rings. The molecular weight excluding hydrogens is 350 g/mol. The van der Waals surface area contributed by atoms with E-state index in [1.165, 1.54) is 7.11 Å². The van der Waals surface area contributed by atoms with Crippen molar-refractivity contribution < 1.29 is 24.2 Å². The molecule has 1 saturated heterocycles. The van der Waals surface area contributed by atoms with Gasteiger partial charge in [-0.25, -0.2) is 4.79 Å². The van der Waals surface area contributed by atoms with Crippen LogP contribution in [0.25, 0.3) is 0 Å². The minimum atomic E-state index is -0.822. The summed E-state index contributed by atoms with van der Waals surface area (Å²) < 4.78 is 5.07. The molecule has 8 heteroatoms. The van der Waals surface area contributed by atoms with Gasteiger partial charge in [0.25, 0.3) is 0 Å². The number of fused-ring (bicyclic) bond motifs is 1. The molecule has 0 radical (unpaired) electrons. The third kappa shape index (κ3) is 3.90. The molecule has 1 aliphatic heterocycles. The number of carboxylic acids is 1. The quantitative estimate of drug-likeness (QED) is 0.673. The molecule has 0 unspecified atom stereocenters. The van der Waals surface area contributed by atoms with Crippen molar-refractivity contribution in [2.45, 2.75) is 57.5 Å². The van der Waals surface area contributed by atoms with Crippen LogP contribution in [-0.4, -0.2) is 78.2 Å². The van der Waals surface area contributed by atoms with Gasteiger partial charge < -0.3 is 20.1 Å². The fourth-order valence-electron chi connectivity index (χ4n) is 5.09. The molecule has 2 saturated carbocycles. The number of urea groups is 1. The maximum absolute atomic E-state index is 12.7. The molecule has 27 heavy (non-hydrogen) atoms. The summed E-state index contributed by atoms with van der Waals surface area (Å²) in [7, 11) is 1.43. The van der Waals surface area contributed by atoms with Crippen LogP contribution in [0.15, 0.2) is 0 Å². The van der Waals surface area contributed by atoms with Crippen LogP contribution >= 0.6 is 0 Å². The van der Waals surface area contributed by atoms with Gasteiger partial charge in [0.05, 0.1) is 19.1 Å². The zero-order valence-corrected chi connectivity index (χ0v) is 16.3. The van der Waals surface area contributed by atoms with Crippen LogP contribution in [0.4, 0.5) is 4.79 Å². The van der Waals surface area contributed by atoms with Crippen molar-refractivity contribution >= 4 is 18.0 Å². The number of methoxy groups -OCH3 is 1. The molecule has 1 heterocycles. The third-order valence-corrected chi connectivity index (χ3v) is 6.70. The topological polar surface area (TPSA) is 99.2 Å². The van der Waals surface area contributed by atoms with Gasteiger partial charge in [-0.1, -0.05) is 19.8 Å². The van der Waals surface area contributed by atoms with Crippen molar-refractivity contribution in [3.8, 4) is 0 Å². The van der Waals surface area contributed by atoms with E-state index < -0.39 is 11.4 Å². The highest BCUT2D eigenvalue weighted by atomic mass is 16.5. The maximum atomic E-state index is 12.7. The SMILES string of the molecule is CCN(CC(=O)O)C1CC(NC(=O)N2C[C@H]3CCCC[C@@]3(C(=O)OC)C2)C1. The Bertz CT molecular complexity index is 592. The molecule has 0 aromatic rings. The number of amides is 2. The van der Waals surface area contributed by atoms with Gasteiger partial charge in [0.1, 0.15) is 0 Å². The van der Waals surface area contributed by atoms with Crippen molar-refractivity contribution in [3.05, 3.63) is 0 Å². The number of carboxylic acid groups (broad SMARTS) is 1. The Balaban J connectivity index is 1.53. The number of carbonyl (C=O) groups is 3. The van der Waals surface area contributed by atoms with Crippen LogP contribution in [0.2, 0.25) is 0 Å². The second kappa shape index (κ2) is 8.04. The van der Waals surface area contributed by atoms with E-state index in [4.69, 9.17) is 9.84 Å². The monoisotopic (exact) mass is 381 g/mol. The van der Waals surface area contributed by atoms with Crippen LogP contribution in [0.1, 0.15) is 45.4 Å². The van der Waals surface area contributed by atoms with E-state index >= 15 is 0 Å². The fraction of sp³-hybridized carbons (Fsp3) is 0.842. The van der Waals surface area contributed by atoms with Crippen molar-refractivity contribution in [3.63, 3.8) is 0 Å². The Kier molecular flexibility index (Phi) is 5.93. The predicted molar refractivity (Wildman–Crippen MR) is 98.2 cm³/mol. The van der Waals surface area contributed by atoms with Gasteiger partial charge in [-0.05, 0) is 38.1 Å². The average molecular weight is 381 g/mol. The Hall–Kier alpha value is -1.83. The van der Waals surface area contributed by atoms with Gasteiger partial charge in [-0.2, -0.15) is 0 Å². The number of likely N-dealkylation sites (N-methyl/N-ethyl adjacent to an activating group) is 1. The Morgan fingerprint density at radius 3 is 2.67 bits per heavy atom. The summed E-state index contributed by atoms with van der Waals surface area (Å²) >= 11 is 0. The molecule has 2 N–H and O–H groups in total. The molecule has 2 aliphatic carbocycles. The maximum Gasteiger partial charge on any atom is 0.317 e. The molecule has 3 aliphatic rings. The number of aliphatic carboxylic acids is 1. The van der Waals surface area contributed by atoms with Gasteiger partial charge in [0, 0.05) is 25.2 Å². The zero-order chi connectivity index (χ0) is 19.6. The Morgan fingerprint density at radius 2 is 2.04 bits per heavy atom. The molecule has 0 aromatic heterocycles. The molecule has 2 atom stereocenters. The molecule has 2 amide bonds. The van der Waals surface area contributed by atoms with Crippen molar-refractivity contribution in [2.24, 2.45) is 11.3 Å².